The van der Waals surface area contributed by atoms with Crippen LogP contribution < -0.4 is 4.90 Å². The van der Waals surface area contributed by atoms with E-state index in [-0.39, 0.29) is 0 Å². The van der Waals surface area contributed by atoms with Crippen molar-refractivity contribution in [3.8, 4) is 0 Å². The summed E-state index contributed by atoms with van der Waals surface area (Å²) in [5.74, 6) is 0.563. The van der Waals surface area contributed by atoms with Crippen molar-refractivity contribution in [2.24, 2.45) is 0 Å². The van der Waals surface area contributed by atoms with Crippen LogP contribution in [0.3, 0.4) is 0 Å². The summed E-state index contributed by atoms with van der Waals surface area (Å²) in [6.45, 7) is 4.47. The van der Waals surface area contributed by atoms with Gasteiger partial charge >= 0.3 is 0 Å². The fourth-order valence-electron chi connectivity index (χ4n) is 2.80. The third kappa shape index (κ3) is 3.14. The topological polar surface area (TPSA) is 3.24 Å². The summed E-state index contributed by atoms with van der Waals surface area (Å²) < 4.78 is 0. The lowest BCUT2D eigenvalue weighted by atomic mass is 10.0. The molecule has 0 heterocycles. The average molecular weight is 289 g/mol. The zero-order chi connectivity index (χ0) is 15.4. The molecule has 1 nitrogen and oxygen atoms in total. The van der Waals surface area contributed by atoms with Gasteiger partial charge in [0.05, 0.1) is 0 Å². The Bertz CT molecular complexity index is 663. The van der Waals surface area contributed by atoms with Crippen LogP contribution in [0, 0.1) is 0 Å². The molecule has 2 aromatic rings. The molecular formula is C21H23N. The molecule has 0 saturated carbocycles. The van der Waals surface area contributed by atoms with E-state index in [0.29, 0.717) is 5.92 Å². The van der Waals surface area contributed by atoms with Gasteiger partial charge in [-0.05, 0) is 54.7 Å². The van der Waals surface area contributed by atoms with E-state index in [2.05, 4.69) is 91.6 Å². The SMILES string of the molecule is CC(C)c1ccc(N(C2=CCCC=C2)c2ccccc2)cc1. The van der Waals surface area contributed by atoms with E-state index in [9.17, 15) is 0 Å². The maximum atomic E-state index is 2.33. The van der Waals surface area contributed by atoms with Gasteiger partial charge in [0.25, 0.3) is 0 Å². The van der Waals surface area contributed by atoms with Gasteiger partial charge in [-0.25, -0.2) is 0 Å². The van der Waals surface area contributed by atoms with Crippen LogP contribution in [-0.2, 0) is 0 Å². The highest BCUT2D eigenvalue weighted by molar-refractivity contribution is 5.70. The summed E-state index contributed by atoms with van der Waals surface area (Å²) in [5, 5.41) is 0. The molecule has 1 aliphatic rings. The standard InChI is InChI=1S/C21H23N/c1-17(2)18-13-15-21(16-14-18)22(19-9-5-3-6-10-19)20-11-7-4-8-12-20/h3,5-7,9-17H,4,8H2,1-2H3. The fourth-order valence-corrected chi connectivity index (χ4v) is 2.80. The van der Waals surface area contributed by atoms with E-state index < -0.39 is 0 Å². The van der Waals surface area contributed by atoms with Gasteiger partial charge in [0.1, 0.15) is 0 Å². The molecule has 0 bridgehead atoms. The van der Waals surface area contributed by atoms with Gasteiger partial charge in [-0.1, -0.05) is 56.3 Å². The maximum Gasteiger partial charge on any atom is 0.0461 e. The molecule has 3 rings (SSSR count). The molecule has 1 heteroatoms. The third-order valence-corrected chi connectivity index (χ3v) is 4.07. The molecule has 22 heavy (non-hydrogen) atoms. The minimum absolute atomic E-state index is 0.563. The van der Waals surface area contributed by atoms with E-state index in [0.717, 1.165) is 12.8 Å². The first-order valence-electron chi connectivity index (χ1n) is 8.07. The van der Waals surface area contributed by atoms with E-state index in [4.69, 9.17) is 0 Å². The Labute approximate surface area is 133 Å². The molecule has 0 spiro atoms. The molecule has 0 radical (unpaired) electrons. The number of hydrogen-bond acceptors (Lipinski definition) is 1. The van der Waals surface area contributed by atoms with Crippen LogP contribution in [-0.4, -0.2) is 0 Å². The number of anilines is 2. The smallest absolute Gasteiger partial charge is 0.0461 e. The number of allylic oxidation sites excluding steroid dienone is 3. The lowest BCUT2D eigenvalue weighted by Gasteiger charge is -2.28. The molecule has 0 aliphatic heterocycles. The van der Waals surface area contributed by atoms with Crippen LogP contribution >= 0.6 is 0 Å². The second-order valence-corrected chi connectivity index (χ2v) is 6.03. The first kappa shape index (κ1) is 14.6. The average Bonchev–Trinajstić information content (AvgIpc) is 2.57. The lowest BCUT2D eigenvalue weighted by molar-refractivity contribution is 0.866. The van der Waals surface area contributed by atoms with Gasteiger partial charge in [-0.2, -0.15) is 0 Å². The van der Waals surface area contributed by atoms with Crippen molar-refractivity contribution in [2.75, 3.05) is 4.90 Å². The van der Waals surface area contributed by atoms with Crippen molar-refractivity contribution >= 4 is 11.4 Å². The minimum atomic E-state index is 0.563. The summed E-state index contributed by atoms with van der Waals surface area (Å²) in [6.07, 6.45) is 9.06. The van der Waals surface area contributed by atoms with Gasteiger partial charge in [-0.3, -0.25) is 0 Å². The molecule has 0 saturated heterocycles. The van der Waals surface area contributed by atoms with Gasteiger partial charge in [-0.15, -0.1) is 0 Å². The van der Waals surface area contributed by atoms with E-state index in [1.54, 1.807) is 0 Å². The number of para-hydroxylation sites is 1. The minimum Gasteiger partial charge on any atom is -0.311 e. The predicted octanol–water partition coefficient (Wildman–Crippen LogP) is 6.18. The van der Waals surface area contributed by atoms with Crippen LogP contribution in [0.15, 0.2) is 78.5 Å². The molecular weight excluding hydrogens is 266 g/mol. The second kappa shape index (κ2) is 6.65. The highest BCUT2D eigenvalue weighted by Crippen LogP contribution is 2.32. The van der Waals surface area contributed by atoms with Crippen molar-refractivity contribution in [3.63, 3.8) is 0 Å². The number of nitrogens with zero attached hydrogens (tertiary/aromatic N) is 1. The molecule has 0 fully saturated rings. The normalized spacial score (nSPS) is 14.0. The largest absolute Gasteiger partial charge is 0.311 e. The van der Waals surface area contributed by atoms with Gasteiger partial charge < -0.3 is 4.90 Å². The summed E-state index contributed by atoms with van der Waals surface area (Å²) in [4.78, 5) is 2.33. The van der Waals surface area contributed by atoms with Crippen molar-refractivity contribution in [1.29, 1.82) is 0 Å². The zero-order valence-corrected chi connectivity index (χ0v) is 13.4. The van der Waals surface area contributed by atoms with E-state index in [1.807, 2.05) is 0 Å². The van der Waals surface area contributed by atoms with E-state index >= 15 is 0 Å². The summed E-state index contributed by atoms with van der Waals surface area (Å²) in [6, 6.07) is 19.5. The van der Waals surface area contributed by atoms with Gasteiger partial charge in [0.15, 0.2) is 0 Å². The molecule has 0 atom stereocenters. The van der Waals surface area contributed by atoms with Crippen molar-refractivity contribution in [3.05, 3.63) is 84.1 Å². The second-order valence-electron chi connectivity index (χ2n) is 6.03. The molecule has 1 aliphatic carbocycles. The Morgan fingerprint density at radius 2 is 1.50 bits per heavy atom. The quantitative estimate of drug-likeness (QED) is 0.649. The first-order chi connectivity index (χ1) is 10.8. The van der Waals surface area contributed by atoms with Crippen LogP contribution in [0.4, 0.5) is 11.4 Å². The molecule has 2 aromatic carbocycles. The van der Waals surface area contributed by atoms with Gasteiger partial charge in [0.2, 0.25) is 0 Å². The van der Waals surface area contributed by atoms with Crippen LogP contribution in [0.2, 0.25) is 0 Å². The van der Waals surface area contributed by atoms with Crippen molar-refractivity contribution in [2.45, 2.75) is 32.6 Å². The number of rotatable bonds is 4. The Morgan fingerprint density at radius 1 is 0.818 bits per heavy atom. The molecule has 0 amide bonds. The Morgan fingerprint density at radius 3 is 2.09 bits per heavy atom. The molecule has 0 N–H and O–H groups in total. The van der Waals surface area contributed by atoms with E-state index in [1.165, 1.54) is 22.6 Å². The first-order valence-corrected chi connectivity index (χ1v) is 8.07. The van der Waals surface area contributed by atoms with Crippen molar-refractivity contribution < 1.29 is 0 Å². The molecule has 0 unspecified atom stereocenters. The monoisotopic (exact) mass is 289 g/mol. The number of hydrogen-bond donors (Lipinski definition) is 0. The van der Waals surface area contributed by atoms with Crippen molar-refractivity contribution in [1.82, 2.24) is 0 Å². The van der Waals surface area contributed by atoms with Crippen LogP contribution in [0.25, 0.3) is 0 Å². The third-order valence-electron chi connectivity index (χ3n) is 4.07. The Kier molecular flexibility index (Phi) is 4.43. The molecule has 0 aromatic heterocycles. The maximum absolute atomic E-state index is 2.33. The van der Waals surface area contributed by atoms with Crippen LogP contribution in [0.1, 0.15) is 38.2 Å². The predicted molar refractivity (Wildman–Crippen MR) is 95.6 cm³/mol. The van der Waals surface area contributed by atoms with Gasteiger partial charge in [0, 0.05) is 17.1 Å². The summed E-state index contributed by atoms with van der Waals surface area (Å²) in [7, 11) is 0. The zero-order valence-electron chi connectivity index (χ0n) is 13.4. The lowest BCUT2D eigenvalue weighted by Crippen LogP contribution is -2.16. The number of benzene rings is 2. The molecule has 112 valence electrons. The van der Waals surface area contributed by atoms with Crippen LogP contribution in [0.5, 0.6) is 0 Å². The Hall–Kier alpha value is -2.28. The summed E-state index contributed by atoms with van der Waals surface area (Å²) >= 11 is 0. The summed E-state index contributed by atoms with van der Waals surface area (Å²) in [5.41, 5.74) is 5.06. The fraction of sp³-hybridized carbons (Fsp3) is 0.238. The highest BCUT2D eigenvalue weighted by Gasteiger charge is 2.14. The highest BCUT2D eigenvalue weighted by atomic mass is 15.1. The Balaban J connectivity index is 2.01.